The van der Waals surface area contributed by atoms with Crippen LogP contribution in [0.3, 0.4) is 0 Å². The standard InChI is InChI=1S/C30H33N11O4/c1-37-35-30(41(36-37)20-6-4-3-5-7-20)40-10-8-39(9-11-40)29(43)28(42)21-16-33-27-25(21)23(44-2)18-34-26(27)22-17-32-24(19-31-22)38-12-14-45-15-13-38/h3-7,16-19,33,36H,8-15H2,1-2H3. The maximum absolute atomic E-state index is 13.7. The fourth-order valence-electron chi connectivity index (χ4n) is 5.76. The minimum Gasteiger partial charge on any atom is -0.494 e. The number of benzene rings is 1. The zero-order chi connectivity index (χ0) is 30.9. The second kappa shape index (κ2) is 12.0. The summed E-state index contributed by atoms with van der Waals surface area (Å²) in [6.45, 7) is 4.56. The SMILES string of the molecule is COc1cnc(-c2cnc(N3CCOCC3)cn2)c2[nH]cc(C(=O)C(=O)N3CCN(C4=NN(C)NN4c4ccccc4)CC3)c12. The second-order valence-corrected chi connectivity index (χ2v) is 10.8. The number of guanidine groups is 1. The molecule has 0 bridgehead atoms. The van der Waals surface area contributed by atoms with Crippen molar-refractivity contribution in [2.45, 2.75) is 0 Å². The van der Waals surface area contributed by atoms with Gasteiger partial charge in [-0.25, -0.2) is 25.1 Å². The van der Waals surface area contributed by atoms with Crippen molar-refractivity contribution in [3.8, 4) is 17.1 Å². The molecule has 232 valence electrons. The van der Waals surface area contributed by atoms with E-state index in [-0.39, 0.29) is 5.56 Å². The van der Waals surface area contributed by atoms with Crippen LogP contribution < -0.4 is 20.2 Å². The van der Waals surface area contributed by atoms with Crippen LogP contribution >= 0.6 is 0 Å². The highest BCUT2D eigenvalue weighted by molar-refractivity contribution is 6.45. The zero-order valence-corrected chi connectivity index (χ0v) is 25.0. The fraction of sp³-hybridized carbons (Fsp3) is 0.333. The van der Waals surface area contributed by atoms with Gasteiger partial charge in [-0.1, -0.05) is 18.2 Å². The third-order valence-electron chi connectivity index (χ3n) is 8.10. The Morgan fingerprint density at radius 2 is 1.69 bits per heavy atom. The van der Waals surface area contributed by atoms with Crippen molar-refractivity contribution >= 4 is 40.1 Å². The van der Waals surface area contributed by atoms with E-state index in [4.69, 9.17) is 9.47 Å². The summed E-state index contributed by atoms with van der Waals surface area (Å²) < 4.78 is 11.0. The molecule has 0 radical (unpaired) electrons. The van der Waals surface area contributed by atoms with Crippen LogP contribution in [0.15, 0.2) is 60.2 Å². The summed E-state index contributed by atoms with van der Waals surface area (Å²) in [5.74, 6) is 0.671. The number of amides is 1. The quantitative estimate of drug-likeness (QED) is 0.239. The van der Waals surface area contributed by atoms with Crippen molar-refractivity contribution in [1.29, 1.82) is 0 Å². The highest BCUT2D eigenvalue weighted by atomic mass is 16.5. The Bertz CT molecular complexity index is 1730. The Kier molecular flexibility index (Phi) is 7.61. The zero-order valence-electron chi connectivity index (χ0n) is 25.0. The van der Waals surface area contributed by atoms with Crippen molar-refractivity contribution in [2.75, 3.05) is 76.5 Å². The molecule has 2 saturated heterocycles. The Morgan fingerprint density at radius 1 is 0.911 bits per heavy atom. The Labute approximate surface area is 259 Å². The summed E-state index contributed by atoms with van der Waals surface area (Å²) in [6.07, 6.45) is 6.44. The van der Waals surface area contributed by atoms with E-state index in [0.29, 0.717) is 67.4 Å². The van der Waals surface area contributed by atoms with Crippen LogP contribution in [0.2, 0.25) is 0 Å². The maximum Gasteiger partial charge on any atom is 0.295 e. The molecule has 2 N–H and O–H groups in total. The van der Waals surface area contributed by atoms with Gasteiger partial charge < -0.3 is 29.2 Å². The van der Waals surface area contributed by atoms with Gasteiger partial charge in [-0.05, 0) is 12.1 Å². The van der Waals surface area contributed by atoms with Crippen LogP contribution in [0, 0.1) is 0 Å². The number of rotatable bonds is 6. The molecule has 0 saturated carbocycles. The fourth-order valence-corrected chi connectivity index (χ4v) is 5.76. The molecular weight excluding hydrogens is 578 g/mol. The summed E-state index contributed by atoms with van der Waals surface area (Å²) in [4.78, 5) is 49.9. The number of nitrogens with one attached hydrogen (secondary N) is 2. The number of anilines is 2. The first-order valence-electron chi connectivity index (χ1n) is 14.7. The number of H-pyrrole nitrogens is 1. The summed E-state index contributed by atoms with van der Waals surface area (Å²) in [6, 6.07) is 9.86. The number of Topliss-reactive ketones (excluding diaryl/α,β-unsaturated/α-hetero) is 1. The van der Waals surface area contributed by atoms with Crippen molar-refractivity contribution in [3.05, 3.63) is 60.7 Å². The molecule has 0 unspecified atom stereocenters. The molecule has 45 heavy (non-hydrogen) atoms. The molecule has 15 nitrogen and oxygen atoms in total. The number of morpholine rings is 1. The van der Waals surface area contributed by atoms with Gasteiger partial charge in [0.25, 0.3) is 11.7 Å². The van der Waals surface area contributed by atoms with Crippen LogP contribution in [-0.4, -0.2) is 119 Å². The molecule has 1 amide bonds. The number of methoxy groups -OCH3 is 1. The molecule has 15 heteroatoms. The number of ether oxygens (including phenoxy) is 2. The van der Waals surface area contributed by atoms with Crippen LogP contribution in [0.25, 0.3) is 22.3 Å². The van der Waals surface area contributed by atoms with E-state index in [9.17, 15) is 9.59 Å². The van der Waals surface area contributed by atoms with Crippen molar-refractivity contribution in [3.63, 3.8) is 0 Å². The van der Waals surface area contributed by atoms with Crippen molar-refractivity contribution in [1.82, 2.24) is 40.4 Å². The number of nitrogens with zero attached hydrogens (tertiary/aromatic N) is 9. The van der Waals surface area contributed by atoms with Crippen molar-refractivity contribution in [2.24, 2.45) is 5.10 Å². The van der Waals surface area contributed by atoms with Gasteiger partial charge in [0.2, 0.25) is 5.96 Å². The first-order valence-corrected chi connectivity index (χ1v) is 14.7. The normalized spacial score (nSPS) is 17.2. The van der Waals surface area contributed by atoms with E-state index < -0.39 is 11.7 Å². The highest BCUT2D eigenvalue weighted by Crippen LogP contribution is 2.34. The first kappa shape index (κ1) is 28.5. The van der Waals surface area contributed by atoms with Gasteiger partial charge in [0.1, 0.15) is 23.0 Å². The lowest BCUT2D eigenvalue weighted by Gasteiger charge is -2.37. The Balaban J connectivity index is 1.08. The van der Waals surface area contributed by atoms with Crippen LogP contribution in [0.1, 0.15) is 10.4 Å². The molecule has 4 aromatic rings. The topological polar surface area (TPSA) is 148 Å². The van der Waals surface area contributed by atoms with E-state index in [1.165, 1.54) is 19.5 Å². The van der Waals surface area contributed by atoms with Gasteiger partial charge in [-0.3, -0.25) is 9.59 Å². The first-order chi connectivity index (χ1) is 22.0. The Hall–Kier alpha value is -5.28. The van der Waals surface area contributed by atoms with Gasteiger partial charge in [-0.15, -0.1) is 10.6 Å². The number of hydrogen-bond donors (Lipinski definition) is 2. The van der Waals surface area contributed by atoms with Gasteiger partial charge in [0.05, 0.1) is 61.1 Å². The number of hydrogen-bond acceptors (Lipinski definition) is 13. The molecule has 1 aromatic carbocycles. The van der Waals surface area contributed by atoms with E-state index in [1.807, 2.05) is 42.4 Å². The minimum absolute atomic E-state index is 0.220. The number of aromatic amines is 1. The van der Waals surface area contributed by atoms with Gasteiger partial charge in [-0.2, -0.15) is 0 Å². The van der Waals surface area contributed by atoms with Gasteiger partial charge >= 0.3 is 0 Å². The third-order valence-corrected chi connectivity index (χ3v) is 8.10. The highest BCUT2D eigenvalue weighted by Gasteiger charge is 2.34. The lowest BCUT2D eigenvalue weighted by molar-refractivity contribution is -0.127. The number of fused-ring (bicyclic) bond motifs is 1. The lowest BCUT2D eigenvalue weighted by Crippen LogP contribution is -2.56. The average Bonchev–Trinajstić information content (AvgIpc) is 3.73. The summed E-state index contributed by atoms with van der Waals surface area (Å²) in [5, 5.41) is 8.62. The number of hydrazone groups is 1. The summed E-state index contributed by atoms with van der Waals surface area (Å²) >= 11 is 0. The predicted molar refractivity (Wildman–Crippen MR) is 166 cm³/mol. The minimum atomic E-state index is -0.621. The molecule has 0 aliphatic carbocycles. The summed E-state index contributed by atoms with van der Waals surface area (Å²) in [5.41, 5.74) is 5.94. The number of carbonyl (C=O) groups is 2. The van der Waals surface area contributed by atoms with E-state index in [2.05, 4.69) is 40.4 Å². The number of para-hydroxylation sites is 1. The molecule has 0 atom stereocenters. The second-order valence-electron chi connectivity index (χ2n) is 10.8. The maximum atomic E-state index is 13.7. The largest absolute Gasteiger partial charge is 0.494 e. The molecule has 3 aliphatic heterocycles. The van der Waals surface area contributed by atoms with Crippen LogP contribution in [-0.2, 0) is 9.53 Å². The molecule has 3 aromatic heterocycles. The lowest BCUT2D eigenvalue weighted by atomic mass is 10.1. The number of hydrazine groups is 2. The average molecular weight is 612 g/mol. The summed E-state index contributed by atoms with van der Waals surface area (Å²) in [7, 11) is 3.33. The molecule has 6 heterocycles. The van der Waals surface area contributed by atoms with E-state index >= 15 is 0 Å². The van der Waals surface area contributed by atoms with Crippen LogP contribution in [0.5, 0.6) is 5.75 Å². The predicted octanol–water partition coefficient (Wildman–Crippen LogP) is 1.33. The molecule has 7 rings (SSSR count). The number of carbonyl (C=O) groups excluding carboxylic acids is 2. The monoisotopic (exact) mass is 611 g/mol. The number of ketones is 1. The molecule has 2 fully saturated rings. The number of aromatic nitrogens is 4. The molecular formula is C30H33N11O4. The smallest absolute Gasteiger partial charge is 0.295 e. The number of piperazine rings is 1. The van der Waals surface area contributed by atoms with E-state index in [0.717, 1.165) is 30.6 Å². The van der Waals surface area contributed by atoms with Crippen LogP contribution in [0.4, 0.5) is 11.5 Å². The Morgan fingerprint density at radius 3 is 2.40 bits per heavy atom. The van der Waals surface area contributed by atoms with Gasteiger partial charge in [0.15, 0.2) is 0 Å². The molecule has 0 spiro atoms. The van der Waals surface area contributed by atoms with Crippen molar-refractivity contribution < 1.29 is 19.1 Å². The van der Waals surface area contributed by atoms with Gasteiger partial charge in [0, 0.05) is 52.5 Å². The molecule has 3 aliphatic rings. The van der Waals surface area contributed by atoms with E-state index in [1.54, 1.807) is 22.4 Å². The third kappa shape index (κ3) is 5.36. The number of pyridine rings is 1.